The van der Waals surface area contributed by atoms with Gasteiger partial charge in [-0.2, -0.15) is 0 Å². The zero-order valence-electron chi connectivity index (χ0n) is 11.0. The first-order valence-electron chi connectivity index (χ1n) is 5.89. The van der Waals surface area contributed by atoms with E-state index in [1.807, 2.05) is 6.92 Å². The number of aryl methyl sites for hydroxylation is 2. The largest absolute Gasteiger partial charge is 0.477 e. The highest BCUT2D eigenvalue weighted by Crippen LogP contribution is 2.17. The standard InChI is InChI=1S/C13H14N4O3/c1-7-3-4-9(6-14-7)16-13(20)17-10-5-8(2)15-11(10)12(18)19/h3-6,15H,1-2H3,(H,18,19)(H2,16,17,20). The highest BCUT2D eigenvalue weighted by atomic mass is 16.4. The third-order valence-electron chi connectivity index (χ3n) is 2.58. The molecule has 0 saturated carbocycles. The number of pyridine rings is 1. The minimum absolute atomic E-state index is 0.0559. The van der Waals surface area contributed by atoms with Crippen LogP contribution in [0.3, 0.4) is 0 Å². The molecule has 2 aromatic heterocycles. The molecule has 7 heteroatoms. The molecule has 0 aliphatic carbocycles. The van der Waals surface area contributed by atoms with Crippen molar-refractivity contribution in [2.24, 2.45) is 0 Å². The maximum absolute atomic E-state index is 11.8. The molecule has 0 radical (unpaired) electrons. The van der Waals surface area contributed by atoms with Gasteiger partial charge in [-0.05, 0) is 32.0 Å². The quantitative estimate of drug-likeness (QED) is 0.689. The predicted octanol–water partition coefficient (Wildman–Crippen LogP) is 2.37. The number of amides is 2. The van der Waals surface area contributed by atoms with Crippen LogP contribution in [-0.4, -0.2) is 27.1 Å². The van der Waals surface area contributed by atoms with E-state index < -0.39 is 12.0 Å². The molecule has 2 aromatic rings. The molecule has 2 amide bonds. The molecule has 104 valence electrons. The fraction of sp³-hybridized carbons (Fsp3) is 0.154. The van der Waals surface area contributed by atoms with Crippen LogP contribution in [-0.2, 0) is 0 Å². The average Bonchev–Trinajstić information content (AvgIpc) is 2.73. The lowest BCUT2D eigenvalue weighted by Gasteiger charge is -2.07. The Morgan fingerprint density at radius 1 is 1.25 bits per heavy atom. The number of anilines is 2. The number of nitrogens with zero attached hydrogens (tertiary/aromatic N) is 1. The molecule has 2 rings (SSSR count). The van der Waals surface area contributed by atoms with E-state index in [2.05, 4.69) is 20.6 Å². The van der Waals surface area contributed by atoms with Gasteiger partial charge in [0.25, 0.3) is 0 Å². The lowest BCUT2D eigenvalue weighted by atomic mass is 10.3. The Labute approximate surface area is 115 Å². The van der Waals surface area contributed by atoms with Crippen LogP contribution in [0, 0.1) is 13.8 Å². The van der Waals surface area contributed by atoms with Crippen LogP contribution >= 0.6 is 0 Å². The number of carbonyl (C=O) groups excluding carboxylic acids is 1. The number of H-pyrrole nitrogens is 1. The zero-order valence-corrected chi connectivity index (χ0v) is 11.0. The first-order valence-corrected chi connectivity index (χ1v) is 5.89. The Balaban J connectivity index is 2.08. The summed E-state index contributed by atoms with van der Waals surface area (Å²) < 4.78 is 0. The SMILES string of the molecule is Cc1ccc(NC(=O)Nc2cc(C)[nH]c2C(=O)O)cn1. The molecule has 0 aliphatic rings. The van der Waals surface area contributed by atoms with E-state index in [1.54, 1.807) is 25.1 Å². The molecule has 7 nitrogen and oxygen atoms in total. The van der Waals surface area contributed by atoms with Gasteiger partial charge in [0, 0.05) is 11.4 Å². The summed E-state index contributed by atoms with van der Waals surface area (Å²) in [6, 6.07) is 4.49. The highest BCUT2D eigenvalue weighted by Gasteiger charge is 2.15. The van der Waals surface area contributed by atoms with Crippen LogP contribution in [0.15, 0.2) is 24.4 Å². The summed E-state index contributed by atoms with van der Waals surface area (Å²) >= 11 is 0. The Morgan fingerprint density at radius 2 is 2.00 bits per heavy atom. The van der Waals surface area contributed by atoms with Crippen molar-refractivity contribution in [3.05, 3.63) is 41.5 Å². The van der Waals surface area contributed by atoms with Gasteiger partial charge in [-0.1, -0.05) is 0 Å². The van der Waals surface area contributed by atoms with Gasteiger partial charge in [0.1, 0.15) is 5.69 Å². The van der Waals surface area contributed by atoms with E-state index in [9.17, 15) is 9.59 Å². The van der Waals surface area contributed by atoms with E-state index in [4.69, 9.17) is 5.11 Å². The van der Waals surface area contributed by atoms with Crippen LogP contribution in [0.25, 0.3) is 0 Å². The summed E-state index contributed by atoms with van der Waals surface area (Å²) in [5.74, 6) is -1.13. The normalized spacial score (nSPS) is 10.1. The second-order valence-electron chi connectivity index (χ2n) is 4.31. The molecular weight excluding hydrogens is 260 g/mol. The first-order chi connectivity index (χ1) is 9.45. The van der Waals surface area contributed by atoms with Crippen molar-refractivity contribution in [2.45, 2.75) is 13.8 Å². The van der Waals surface area contributed by atoms with Gasteiger partial charge in [0.05, 0.1) is 17.6 Å². The van der Waals surface area contributed by atoms with Crippen molar-refractivity contribution in [1.29, 1.82) is 0 Å². The summed E-state index contributed by atoms with van der Waals surface area (Å²) in [6.07, 6.45) is 1.52. The summed E-state index contributed by atoms with van der Waals surface area (Å²) in [5.41, 5.74) is 2.17. The van der Waals surface area contributed by atoms with Crippen LogP contribution in [0.2, 0.25) is 0 Å². The second kappa shape index (κ2) is 5.43. The van der Waals surface area contributed by atoms with Crippen LogP contribution in [0.1, 0.15) is 21.9 Å². The van der Waals surface area contributed by atoms with Gasteiger partial charge in [0.15, 0.2) is 0 Å². The van der Waals surface area contributed by atoms with E-state index in [0.29, 0.717) is 11.4 Å². The molecule has 0 aromatic carbocycles. The molecule has 0 fully saturated rings. The van der Waals surface area contributed by atoms with Crippen molar-refractivity contribution in [2.75, 3.05) is 10.6 Å². The van der Waals surface area contributed by atoms with Crippen molar-refractivity contribution in [3.8, 4) is 0 Å². The van der Waals surface area contributed by atoms with E-state index in [1.165, 1.54) is 6.20 Å². The molecule has 4 N–H and O–H groups in total. The Bertz CT molecular complexity index is 646. The van der Waals surface area contributed by atoms with Crippen LogP contribution in [0.5, 0.6) is 0 Å². The zero-order chi connectivity index (χ0) is 14.7. The van der Waals surface area contributed by atoms with Gasteiger partial charge >= 0.3 is 12.0 Å². The molecule has 20 heavy (non-hydrogen) atoms. The lowest BCUT2D eigenvalue weighted by Crippen LogP contribution is -2.20. The number of urea groups is 1. The number of aromatic amines is 1. The topological polar surface area (TPSA) is 107 Å². The Morgan fingerprint density at radius 3 is 2.60 bits per heavy atom. The maximum Gasteiger partial charge on any atom is 0.354 e. The first kappa shape index (κ1) is 13.6. The number of rotatable bonds is 3. The number of carboxylic acid groups (broad SMARTS) is 1. The maximum atomic E-state index is 11.8. The summed E-state index contributed by atoms with van der Waals surface area (Å²) in [6.45, 7) is 3.55. The van der Waals surface area contributed by atoms with Gasteiger partial charge in [-0.3, -0.25) is 4.98 Å². The summed E-state index contributed by atoms with van der Waals surface area (Å²) in [5, 5.41) is 14.1. The third kappa shape index (κ3) is 3.14. The lowest BCUT2D eigenvalue weighted by molar-refractivity contribution is 0.0692. The van der Waals surface area contributed by atoms with E-state index in [-0.39, 0.29) is 11.4 Å². The summed E-state index contributed by atoms with van der Waals surface area (Å²) in [7, 11) is 0. The Kier molecular flexibility index (Phi) is 3.69. The minimum Gasteiger partial charge on any atom is -0.477 e. The molecular formula is C13H14N4O3. The van der Waals surface area contributed by atoms with Crippen molar-refractivity contribution >= 4 is 23.4 Å². The molecule has 0 atom stereocenters. The van der Waals surface area contributed by atoms with Crippen molar-refractivity contribution < 1.29 is 14.7 Å². The monoisotopic (exact) mass is 274 g/mol. The minimum atomic E-state index is -1.13. The fourth-order valence-corrected chi connectivity index (χ4v) is 1.68. The number of aromatic carboxylic acids is 1. The number of hydrogen-bond acceptors (Lipinski definition) is 3. The van der Waals surface area contributed by atoms with Gasteiger partial charge < -0.3 is 20.7 Å². The number of hydrogen-bond donors (Lipinski definition) is 4. The second-order valence-corrected chi connectivity index (χ2v) is 4.31. The highest BCUT2D eigenvalue weighted by molar-refractivity contribution is 6.04. The fourth-order valence-electron chi connectivity index (χ4n) is 1.68. The number of carboxylic acids is 1. The molecule has 2 heterocycles. The molecule has 0 spiro atoms. The van der Waals surface area contributed by atoms with Crippen LogP contribution in [0.4, 0.5) is 16.2 Å². The van der Waals surface area contributed by atoms with Gasteiger partial charge in [0.2, 0.25) is 0 Å². The average molecular weight is 274 g/mol. The molecule has 0 unspecified atom stereocenters. The molecule has 0 bridgehead atoms. The van der Waals surface area contributed by atoms with E-state index in [0.717, 1.165) is 5.69 Å². The van der Waals surface area contributed by atoms with Crippen molar-refractivity contribution in [3.63, 3.8) is 0 Å². The number of nitrogens with one attached hydrogen (secondary N) is 3. The predicted molar refractivity (Wildman–Crippen MR) is 74.1 cm³/mol. The van der Waals surface area contributed by atoms with E-state index >= 15 is 0 Å². The smallest absolute Gasteiger partial charge is 0.354 e. The number of carbonyl (C=O) groups is 2. The molecule has 0 aliphatic heterocycles. The van der Waals surface area contributed by atoms with Gasteiger partial charge in [-0.25, -0.2) is 9.59 Å². The Hall–Kier alpha value is -2.83. The van der Waals surface area contributed by atoms with Gasteiger partial charge in [-0.15, -0.1) is 0 Å². The number of aromatic nitrogens is 2. The summed E-state index contributed by atoms with van der Waals surface area (Å²) in [4.78, 5) is 29.5. The van der Waals surface area contributed by atoms with Crippen molar-refractivity contribution in [1.82, 2.24) is 9.97 Å². The van der Waals surface area contributed by atoms with Crippen LogP contribution < -0.4 is 10.6 Å². The third-order valence-corrected chi connectivity index (χ3v) is 2.58. The molecule has 0 saturated heterocycles.